The Morgan fingerprint density at radius 1 is 1.30 bits per heavy atom. The van der Waals surface area contributed by atoms with Crippen molar-refractivity contribution in [1.29, 1.82) is 0 Å². The molecule has 0 saturated carbocycles. The Labute approximate surface area is 139 Å². The molecular weight excluding hydrogens is 312 g/mol. The molecule has 0 aliphatic carbocycles. The second-order valence-electron chi connectivity index (χ2n) is 6.72. The third-order valence-electron chi connectivity index (χ3n) is 5.02. The van der Waals surface area contributed by atoms with Gasteiger partial charge in [0, 0.05) is 31.4 Å². The number of nitrogens with zero attached hydrogens (tertiary/aromatic N) is 3. The first kappa shape index (κ1) is 16.9. The SMILES string of the molecule is CCCn1cc(S(=O)(=O)N2CC[C@H]3NCCCCC[C@H]32)c(C)n1. The van der Waals surface area contributed by atoms with Crippen molar-refractivity contribution >= 4 is 10.0 Å². The second kappa shape index (κ2) is 6.91. The minimum atomic E-state index is -3.46. The van der Waals surface area contributed by atoms with Gasteiger partial charge in [0.2, 0.25) is 10.0 Å². The van der Waals surface area contributed by atoms with Crippen LogP contribution >= 0.6 is 0 Å². The lowest BCUT2D eigenvalue weighted by atomic mass is 10.00. The van der Waals surface area contributed by atoms with Crippen LogP contribution in [-0.2, 0) is 16.6 Å². The van der Waals surface area contributed by atoms with Gasteiger partial charge < -0.3 is 5.32 Å². The molecule has 2 saturated heterocycles. The molecule has 1 aromatic rings. The Morgan fingerprint density at radius 3 is 2.91 bits per heavy atom. The van der Waals surface area contributed by atoms with Gasteiger partial charge in [-0.3, -0.25) is 4.68 Å². The van der Waals surface area contributed by atoms with E-state index in [1.165, 1.54) is 12.8 Å². The van der Waals surface area contributed by atoms with Gasteiger partial charge in [0.05, 0.1) is 5.69 Å². The zero-order valence-corrected chi connectivity index (χ0v) is 15.0. The zero-order chi connectivity index (χ0) is 16.4. The first-order valence-electron chi connectivity index (χ1n) is 8.83. The Hall–Kier alpha value is -0.920. The Morgan fingerprint density at radius 2 is 2.13 bits per heavy atom. The molecule has 2 atom stereocenters. The number of hydrogen-bond donors (Lipinski definition) is 1. The van der Waals surface area contributed by atoms with Gasteiger partial charge in [0.1, 0.15) is 4.90 Å². The van der Waals surface area contributed by atoms with Crippen LogP contribution in [0.4, 0.5) is 0 Å². The van der Waals surface area contributed by atoms with E-state index in [-0.39, 0.29) is 6.04 Å². The molecule has 130 valence electrons. The highest BCUT2D eigenvalue weighted by Crippen LogP contribution is 2.31. The molecule has 0 unspecified atom stereocenters. The van der Waals surface area contributed by atoms with Crippen molar-refractivity contribution in [3.63, 3.8) is 0 Å². The fourth-order valence-electron chi connectivity index (χ4n) is 3.87. The molecule has 2 fully saturated rings. The minimum absolute atomic E-state index is 0.0919. The normalized spacial score (nSPS) is 26.7. The van der Waals surface area contributed by atoms with Crippen LogP contribution in [0, 0.1) is 6.92 Å². The van der Waals surface area contributed by atoms with Crippen LogP contribution in [0.3, 0.4) is 0 Å². The molecule has 1 aromatic heterocycles. The fraction of sp³-hybridized carbons (Fsp3) is 0.812. The topological polar surface area (TPSA) is 67.2 Å². The summed E-state index contributed by atoms with van der Waals surface area (Å²) in [6.07, 6.45) is 8.00. The molecule has 23 heavy (non-hydrogen) atoms. The maximum atomic E-state index is 13.2. The van der Waals surface area contributed by atoms with Crippen LogP contribution in [-0.4, -0.2) is 47.7 Å². The predicted octanol–water partition coefficient (Wildman–Crippen LogP) is 1.90. The molecule has 7 heteroatoms. The summed E-state index contributed by atoms with van der Waals surface area (Å²) in [5.41, 5.74) is 0.612. The minimum Gasteiger partial charge on any atom is -0.312 e. The van der Waals surface area contributed by atoms with Gasteiger partial charge in [0.15, 0.2) is 0 Å². The number of aromatic nitrogens is 2. The van der Waals surface area contributed by atoms with Crippen molar-refractivity contribution < 1.29 is 8.42 Å². The monoisotopic (exact) mass is 340 g/mol. The molecule has 0 spiro atoms. The number of nitrogens with one attached hydrogen (secondary N) is 1. The average Bonchev–Trinajstić information content (AvgIpc) is 3.03. The van der Waals surface area contributed by atoms with E-state index in [1.807, 2.05) is 0 Å². The van der Waals surface area contributed by atoms with E-state index in [4.69, 9.17) is 0 Å². The Bertz CT molecular complexity index is 641. The smallest absolute Gasteiger partial charge is 0.246 e. The lowest BCUT2D eigenvalue weighted by Crippen LogP contribution is -2.45. The van der Waals surface area contributed by atoms with Crippen molar-refractivity contribution in [2.75, 3.05) is 13.1 Å². The Kier molecular flexibility index (Phi) is 5.08. The van der Waals surface area contributed by atoms with Crippen LogP contribution in [0.5, 0.6) is 0 Å². The third-order valence-corrected chi connectivity index (χ3v) is 7.05. The number of fused-ring (bicyclic) bond motifs is 1. The van der Waals surface area contributed by atoms with Gasteiger partial charge in [0.25, 0.3) is 0 Å². The van der Waals surface area contributed by atoms with Crippen molar-refractivity contribution in [2.24, 2.45) is 0 Å². The summed E-state index contributed by atoms with van der Waals surface area (Å²) in [4.78, 5) is 0.383. The van der Waals surface area contributed by atoms with Crippen molar-refractivity contribution in [3.05, 3.63) is 11.9 Å². The average molecular weight is 340 g/mol. The summed E-state index contributed by atoms with van der Waals surface area (Å²) in [5.74, 6) is 0. The predicted molar refractivity (Wildman–Crippen MR) is 89.8 cm³/mol. The van der Waals surface area contributed by atoms with E-state index in [0.29, 0.717) is 23.2 Å². The van der Waals surface area contributed by atoms with Gasteiger partial charge in [-0.1, -0.05) is 19.8 Å². The number of sulfonamides is 1. The van der Waals surface area contributed by atoms with Gasteiger partial charge in [-0.15, -0.1) is 0 Å². The molecule has 1 N–H and O–H groups in total. The highest BCUT2D eigenvalue weighted by molar-refractivity contribution is 7.89. The van der Waals surface area contributed by atoms with Crippen molar-refractivity contribution in [1.82, 2.24) is 19.4 Å². The quantitative estimate of drug-likeness (QED) is 0.909. The van der Waals surface area contributed by atoms with Crippen LogP contribution in [0.15, 0.2) is 11.1 Å². The van der Waals surface area contributed by atoms with Crippen molar-refractivity contribution in [2.45, 2.75) is 75.9 Å². The first-order chi connectivity index (χ1) is 11.0. The van der Waals surface area contributed by atoms with E-state index >= 15 is 0 Å². The largest absolute Gasteiger partial charge is 0.312 e. The van der Waals surface area contributed by atoms with Crippen LogP contribution in [0.1, 0.15) is 51.1 Å². The van der Waals surface area contributed by atoms with Crippen LogP contribution < -0.4 is 5.32 Å². The summed E-state index contributed by atoms with van der Waals surface area (Å²) < 4.78 is 29.8. The van der Waals surface area contributed by atoms with E-state index < -0.39 is 10.0 Å². The number of rotatable bonds is 4. The maximum absolute atomic E-state index is 13.2. The number of aryl methyl sites for hydroxylation is 2. The molecule has 6 nitrogen and oxygen atoms in total. The first-order valence-corrected chi connectivity index (χ1v) is 10.3. The third kappa shape index (κ3) is 3.32. The molecule has 0 aromatic carbocycles. The highest BCUT2D eigenvalue weighted by atomic mass is 32.2. The maximum Gasteiger partial charge on any atom is 0.246 e. The molecule has 2 aliphatic rings. The Balaban J connectivity index is 1.87. The van der Waals surface area contributed by atoms with Gasteiger partial charge in [-0.25, -0.2) is 8.42 Å². The lowest BCUT2D eigenvalue weighted by Gasteiger charge is -2.29. The summed E-state index contributed by atoms with van der Waals surface area (Å²) in [6.45, 7) is 6.23. The van der Waals surface area contributed by atoms with Gasteiger partial charge >= 0.3 is 0 Å². The van der Waals surface area contributed by atoms with E-state index in [1.54, 1.807) is 22.1 Å². The highest BCUT2D eigenvalue weighted by Gasteiger charge is 2.42. The standard InChI is InChI=1S/C16H28N4O2S/c1-3-10-19-12-16(13(2)18-19)23(21,22)20-11-8-14-15(20)7-5-4-6-9-17-14/h12,14-15,17H,3-11H2,1-2H3/t14-,15-/m1/s1. The summed E-state index contributed by atoms with van der Waals surface area (Å²) in [5, 5.41) is 7.92. The van der Waals surface area contributed by atoms with Crippen molar-refractivity contribution in [3.8, 4) is 0 Å². The molecule has 0 bridgehead atoms. The van der Waals surface area contributed by atoms with Gasteiger partial charge in [-0.2, -0.15) is 9.40 Å². The number of hydrogen-bond acceptors (Lipinski definition) is 4. The van der Waals surface area contributed by atoms with E-state index in [2.05, 4.69) is 17.3 Å². The van der Waals surface area contributed by atoms with Crippen LogP contribution in [0.2, 0.25) is 0 Å². The lowest BCUT2D eigenvalue weighted by molar-refractivity contribution is 0.304. The van der Waals surface area contributed by atoms with E-state index in [9.17, 15) is 8.42 Å². The van der Waals surface area contributed by atoms with E-state index in [0.717, 1.165) is 38.8 Å². The molecule has 3 heterocycles. The zero-order valence-electron chi connectivity index (χ0n) is 14.2. The molecule has 2 aliphatic heterocycles. The fourth-order valence-corrected chi connectivity index (χ4v) is 5.75. The molecule has 0 amide bonds. The molecule has 3 rings (SSSR count). The second-order valence-corrected chi connectivity index (χ2v) is 8.58. The summed E-state index contributed by atoms with van der Waals surface area (Å²) in [7, 11) is -3.46. The molecular formula is C16H28N4O2S. The summed E-state index contributed by atoms with van der Waals surface area (Å²) >= 11 is 0. The molecule has 0 radical (unpaired) electrons. The van der Waals surface area contributed by atoms with Gasteiger partial charge in [-0.05, 0) is 39.2 Å². The van der Waals surface area contributed by atoms with Crippen LogP contribution in [0.25, 0.3) is 0 Å². The summed E-state index contributed by atoms with van der Waals surface area (Å²) in [6, 6.07) is 0.394.